The van der Waals surface area contributed by atoms with Crippen molar-refractivity contribution >= 4 is 25.8 Å². The van der Waals surface area contributed by atoms with Crippen molar-refractivity contribution in [3.8, 4) is 0 Å². The van der Waals surface area contributed by atoms with Crippen molar-refractivity contribution in [2.75, 3.05) is 12.3 Å². The number of ether oxygens (including phenoxy) is 1. The van der Waals surface area contributed by atoms with Crippen LogP contribution in [-0.2, 0) is 20.4 Å². The average Bonchev–Trinajstić information content (AvgIpc) is 3.02. The molecule has 1 aliphatic heterocycles. The summed E-state index contributed by atoms with van der Waals surface area (Å²) >= 11 is 0. The molecule has 2 aliphatic rings. The third-order valence-corrected chi connectivity index (χ3v) is 6.23. The van der Waals surface area contributed by atoms with Crippen LogP contribution >= 0.6 is 10.7 Å². The second kappa shape index (κ2) is 6.32. The minimum Gasteiger partial charge on any atom is -0.445 e. The Balaban J connectivity index is 1.66. The number of nitrogens with zero attached hydrogens (tertiary/aromatic N) is 1. The van der Waals surface area contributed by atoms with Crippen molar-refractivity contribution in [3.63, 3.8) is 0 Å². The lowest BCUT2D eigenvalue weighted by Crippen LogP contribution is -2.42. The fourth-order valence-corrected chi connectivity index (χ4v) is 5.82. The number of carbonyl (C=O) groups excluding carboxylic acids is 1. The van der Waals surface area contributed by atoms with Gasteiger partial charge in [0, 0.05) is 28.7 Å². The number of fused-ring (bicyclic) bond motifs is 1. The Labute approximate surface area is 141 Å². The van der Waals surface area contributed by atoms with Crippen LogP contribution in [0.1, 0.15) is 31.2 Å². The SMILES string of the molecule is O=C(OCc1ccccc1)N1CCC2(CS(=O)(=O)Cl)CCCC12. The Morgan fingerprint density at radius 2 is 2.04 bits per heavy atom. The van der Waals surface area contributed by atoms with Gasteiger partial charge in [-0.1, -0.05) is 36.8 Å². The highest BCUT2D eigenvalue weighted by atomic mass is 35.7. The fourth-order valence-electron chi connectivity index (χ4n) is 4.00. The standard InChI is InChI=1S/C16H20ClNO4S/c17-23(20,21)12-16-8-4-7-14(16)18(10-9-16)15(19)22-11-13-5-2-1-3-6-13/h1-3,5-6,14H,4,7-12H2. The first kappa shape index (κ1) is 16.6. The van der Waals surface area contributed by atoms with E-state index < -0.39 is 14.5 Å². The van der Waals surface area contributed by atoms with Gasteiger partial charge in [-0.25, -0.2) is 13.2 Å². The number of hydrogen-bond donors (Lipinski definition) is 0. The molecule has 0 radical (unpaired) electrons. The Morgan fingerprint density at radius 3 is 2.74 bits per heavy atom. The van der Waals surface area contributed by atoms with Gasteiger partial charge < -0.3 is 9.64 Å². The van der Waals surface area contributed by atoms with Gasteiger partial charge in [0.25, 0.3) is 0 Å². The third kappa shape index (κ3) is 3.63. The van der Waals surface area contributed by atoms with Crippen LogP contribution in [0.4, 0.5) is 4.79 Å². The second-order valence-electron chi connectivity index (χ2n) is 6.44. The molecule has 7 heteroatoms. The second-order valence-corrected chi connectivity index (χ2v) is 9.21. The molecule has 0 bridgehead atoms. The first-order valence-corrected chi connectivity index (χ1v) is 10.3. The van der Waals surface area contributed by atoms with Crippen LogP contribution < -0.4 is 0 Å². The predicted octanol–water partition coefficient (Wildman–Crippen LogP) is 3.14. The van der Waals surface area contributed by atoms with Gasteiger partial charge in [0.1, 0.15) is 6.61 Å². The molecule has 0 aromatic heterocycles. The normalized spacial score (nSPS) is 27.0. The van der Waals surface area contributed by atoms with Gasteiger partial charge in [0.2, 0.25) is 9.05 Å². The number of halogens is 1. The fraction of sp³-hybridized carbons (Fsp3) is 0.562. The number of benzene rings is 1. The summed E-state index contributed by atoms with van der Waals surface area (Å²) in [6.07, 6.45) is 2.83. The summed E-state index contributed by atoms with van der Waals surface area (Å²) in [5.41, 5.74) is 0.535. The molecular weight excluding hydrogens is 338 g/mol. The summed E-state index contributed by atoms with van der Waals surface area (Å²) in [6.45, 7) is 0.758. The topological polar surface area (TPSA) is 63.7 Å². The first-order valence-electron chi connectivity index (χ1n) is 7.79. The number of carbonyl (C=O) groups is 1. The molecule has 2 unspecified atom stereocenters. The summed E-state index contributed by atoms with van der Waals surface area (Å²) in [7, 11) is 1.90. The molecule has 3 rings (SSSR count). The van der Waals surface area contributed by atoms with E-state index in [1.807, 2.05) is 30.3 Å². The van der Waals surface area contributed by atoms with Crippen molar-refractivity contribution in [2.24, 2.45) is 5.41 Å². The molecule has 1 heterocycles. The minimum atomic E-state index is -3.58. The molecule has 1 aromatic carbocycles. The summed E-state index contributed by atoms with van der Waals surface area (Å²) in [5, 5.41) is 0. The molecule has 126 valence electrons. The Kier molecular flexibility index (Phi) is 4.56. The highest BCUT2D eigenvalue weighted by Crippen LogP contribution is 2.50. The van der Waals surface area contributed by atoms with Gasteiger partial charge in [0.15, 0.2) is 0 Å². The molecule has 2 fully saturated rings. The predicted molar refractivity (Wildman–Crippen MR) is 87.7 cm³/mol. The zero-order valence-corrected chi connectivity index (χ0v) is 14.4. The highest BCUT2D eigenvalue weighted by Gasteiger charge is 2.53. The van der Waals surface area contributed by atoms with Gasteiger partial charge in [-0.15, -0.1) is 0 Å². The smallest absolute Gasteiger partial charge is 0.410 e. The van der Waals surface area contributed by atoms with E-state index in [2.05, 4.69) is 0 Å². The van der Waals surface area contributed by atoms with Gasteiger partial charge >= 0.3 is 6.09 Å². The maximum atomic E-state index is 12.4. The summed E-state index contributed by atoms with van der Waals surface area (Å²) in [5.74, 6) is -0.0608. The van der Waals surface area contributed by atoms with Crippen molar-refractivity contribution in [1.29, 1.82) is 0 Å². The van der Waals surface area contributed by atoms with Crippen LogP contribution in [0.25, 0.3) is 0 Å². The maximum absolute atomic E-state index is 12.4. The number of rotatable bonds is 4. The Hall–Kier alpha value is -1.27. The molecule has 2 atom stereocenters. The van der Waals surface area contributed by atoms with Gasteiger partial charge in [0.05, 0.1) is 5.75 Å². The van der Waals surface area contributed by atoms with Gasteiger partial charge in [-0.05, 0) is 24.8 Å². The largest absolute Gasteiger partial charge is 0.445 e. The van der Waals surface area contributed by atoms with Crippen molar-refractivity contribution in [2.45, 2.75) is 38.3 Å². The first-order chi connectivity index (χ1) is 10.9. The molecular formula is C16H20ClNO4S. The van der Waals surface area contributed by atoms with E-state index in [1.54, 1.807) is 4.90 Å². The Bertz CT molecular complexity index is 679. The molecule has 1 saturated heterocycles. The van der Waals surface area contributed by atoms with Crippen LogP contribution in [0, 0.1) is 5.41 Å². The van der Waals surface area contributed by atoms with Crippen LogP contribution in [0.3, 0.4) is 0 Å². The zero-order valence-electron chi connectivity index (χ0n) is 12.8. The third-order valence-electron chi connectivity index (χ3n) is 4.99. The summed E-state index contributed by atoms with van der Waals surface area (Å²) < 4.78 is 28.5. The van der Waals surface area contributed by atoms with Crippen LogP contribution in [-0.4, -0.2) is 37.8 Å². The summed E-state index contributed by atoms with van der Waals surface area (Å²) in [4.78, 5) is 14.1. The van der Waals surface area contributed by atoms with E-state index in [0.717, 1.165) is 24.8 Å². The molecule has 0 N–H and O–H groups in total. The lowest BCUT2D eigenvalue weighted by atomic mass is 9.84. The van der Waals surface area contributed by atoms with E-state index in [1.165, 1.54) is 0 Å². The monoisotopic (exact) mass is 357 g/mol. The van der Waals surface area contributed by atoms with E-state index in [-0.39, 0.29) is 24.5 Å². The average molecular weight is 358 g/mol. The highest BCUT2D eigenvalue weighted by molar-refractivity contribution is 8.13. The van der Waals surface area contributed by atoms with E-state index in [4.69, 9.17) is 15.4 Å². The molecule has 1 amide bonds. The molecule has 23 heavy (non-hydrogen) atoms. The number of hydrogen-bond acceptors (Lipinski definition) is 4. The molecule has 1 aliphatic carbocycles. The molecule has 1 aromatic rings. The van der Waals surface area contributed by atoms with Crippen molar-refractivity contribution < 1.29 is 17.9 Å². The Morgan fingerprint density at radius 1 is 1.30 bits per heavy atom. The maximum Gasteiger partial charge on any atom is 0.410 e. The molecule has 0 spiro atoms. The molecule has 5 nitrogen and oxygen atoms in total. The van der Waals surface area contributed by atoms with Crippen LogP contribution in [0.15, 0.2) is 30.3 Å². The van der Waals surface area contributed by atoms with Crippen molar-refractivity contribution in [3.05, 3.63) is 35.9 Å². The van der Waals surface area contributed by atoms with Crippen LogP contribution in [0.2, 0.25) is 0 Å². The van der Waals surface area contributed by atoms with E-state index >= 15 is 0 Å². The lowest BCUT2D eigenvalue weighted by molar-refractivity contribution is 0.0853. The van der Waals surface area contributed by atoms with E-state index in [9.17, 15) is 13.2 Å². The van der Waals surface area contributed by atoms with E-state index in [0.29, 0.717) is 13.0 Å². The zero-order chi connectivity index (χ0) is 16.5. The van der Waals surface area contributed by atoms with Gasteiger partial charge in [-0.2, -0.15) is 0 Å². The van der Waals surface area contributed by atoms with Crippen LogP contribution in [0.5, 0.6) is 0 Å². The number of likely N-dealkylation sites (tertiary alicyclic amines) is 1. The van der Waals surface area contributed by atoms with Crippen molar-refractivity contribution in [1.82, 2.24) is 4.90 Å². The molecule has 1 saturated carbocycles. The number of amides is 1. The lowest BCUT2D eigenvalue weighted by Gasteiger charge is -2.30. The quantitative estimate of drug-likeness (QED) is 0.776. The minimum absolute atomic E-state index is 0.0608. The summed E-state index contributed by atoms with van der Waals surface area (Å²) in [6, 6.07) is 9.41. The van der Waals surface area contributed by atoms with Gasteiger partial charge in [-0.3, -0.25) is 0 Å².